The summed E-state index contributed by atoms with van der Waals surface area (Å²) in [5.41, 5.74) is 5.82. The van der Waals surface area contributed by atoms with Gasteiger partial charge < -0.3 is 15.8 Å². The van der Waals surface area contributed by atoms with Crippen molar-refractivity contribution in [1.29, 1.82) is 0 Å². The molecule has 0 saturated carbocycles. The number of thiocarbonyl (C=S) groups is 1. The fourth-order valence-electron chi connectivity index (χ4n) is 1.37. The van der Waals surface area contributed by atoms with E-state index in [-0.39, 0.29) is 10.9 Å². The molecule has 0 aliphatic carbocycles. The molecular formula is C12H17FN2OS. The fraction of sp³-hybridized carbons (Fsp3) is 0.417. The summed E-state index contributed by atoms with van der Waals surface area (Å²) in [7, 11) is 0. The summed E-state index contributed by atoms with van der Waals surface area (Å²) in [5, 5.41) is 2.77. The summed E-state index contributed by atoms with van der Waals surface area (Å²) < 4.78 is 18.9. The van der Waals surface area contributed by atoms with Gasteiger partial charge in [-0.15, -0.1) is 0 Å². The summed E-state index contributed by atoms with van der Waals surface area (Å²) in [6, 6.07) is 4.56. The number of ether oxygens (including phenoxy) is 1. The molecule has 0 fully saturated rings. The zero-order chi connectivity index (χ0) is 12.7. The first-order chi connectivity index (χ1) is 8.13. The normalized spacial score (nSPS) is 10.0. The van der Waals surface area contributed by atoms with Gasteiger partial charge >= 0.3 is 0 Å². The lowest BCUT2D eigenvalue weighted by atomic mass is 10.2. The summed E-state index contributed by atoms with van der Waals surface area (Å²) in [6.07, 6.45) is 3.13. The van der Waals surface area contributed by atoms with E-state index in [0.717, 1.165) is 19.3 Å². The minimum absolute atomic E-state index is 0.112. The molecule has 3 N–H and O–H groups in total. The number of hydrogen-bond acceptors (Lipinski definition) is 2. The van der Waals surface area contributed by atoms with Crippen molar-refractivity contribution in [2.24, 2.45) is 5.73 Å². The second-order valence-corrected chi connectivity index (χ2v) is 4.13. The van der Waals surface area contributed by atoms with Gasteiger partial charge in [-0.1, -0.05) is 19.8 Å². The number of anilines is 1. The van der Waals surface area contributed by atoms with Crippen molar-refractivity contribution in [3.8, 4) is 5.75 Å². The third-order valence-corrected chi connectivity index (χ3v) is 2.31. The fourth-order valence-corrected chi connectivity index (χ4v) is 1.49. The van der Waals surface area contributed by atoms with Crippen molar-refractivity contribution >= 4 is 23.0 Å². The lowest BCUT2D eigenvalue weighted by Gasteiger charge is -2.09. The second-order valence-electron chi connectivity index (χ2n) is 3.69. The molecule has 5 heteroatoms. The summed E-state index contributed by atoms with van der Waals surface area (Å²) >= 11 is 4.67. The molecule has 0 aromatic heterocycles. The molecule has 0 unspecified atom stereocenters. The van der Waals surface area contributed by atoms with Crippen molar-refractivity contribution in [2.75, 3.05) is 11.9 Å². The SMILES string of the molecule is CCCCCOc1ccc(NC(N)=S)cc1F. The van der Waals surface area contributed by atoms with E-state index in [2.05, 4.69) is 24.5 Å². The van der Waals surface area contributed by atoms with E-state index in [9.17, 15) is 4.39 Å². The number of nitrogens with one attached hydrogen (secondary N) is 1. The Morgan fingerprint density at radius 3 is 2.82 bits per heavy atom. The lowest BCUT2D eigenvalue weighted by Crippen LogP contribution is -2.18. The minimum atomic E-state index is -0.414. The Bertz CT molecular complexity index is 385. The van der Waals surface area contributed by atoms with Gasteiger partial charge in [0.05, 0.1) is 6.61 Å². The Morgan fingerprint density at radius 1 is 1.47 bits per heavy atom. The Hall–Kier alpha value is -1.36. The summed E-state index contributed by atoms with van der Waals surface area (Å²) in [5.74, 6) is -0.155. The molecular weight excluding hydrogens is 239 g/mol. The predicted octanol–water partition coefficient (Wildman–Crippen LogP) is 3.05. The van der Waals surface area contributed by atoms with E-state index >= 15 is 0 Å². The molecule has 1 aromatic carbocycles. The maximum atomic E-state index is 13.6. The minimum Gasteiger partial charge on any atom is -0.491 e. The van der Waals surface area contributed by atoms with Crippen LogP contribution in [0.4, 0.5) is 10.1 Å². The highest BCUT2D eigenvalue weighted by Gasteiger charge is 2.04. The average Bonchev–Trinajstić information content (AvgIpc) is 2.26. The van der Waals surface area contributed by atoms with E-state index in [1.165, 1.54) is 6.07 Å². The van der Waals surface area contributed by atoms with Crippen molar-refractivity contribution in [2.45, 2.75) is 26.2 Å². The smallest absolute Gasteiger partial charge is 0.168 e. The van der Waals surface area contributed by atoms with Gasteiger partial charge in [-0.25, -0.2) is 4.39 Å². The van der Waals surface area contributed by atoms with Crippen LogP contribution in [-0.2, 0) is 0 Å². The molecule has 0 heterocycles. The van der Waals surface area contributed by atoms with Gasteiger partial charge in [-0.3, -0.25) is 0 Å². The van der Waals surface area contributed by atoms with Gasteiger partial charge in [0.1, 0.15) is 0 Å². The molecule has 1 aromatic rings. The van der Waals surface area contributed by atoms with Crippen molar-refractivity contribution in [3.63, 3.8) is 0 Å². The van der Waals surface area contributed by atoms with Gasteiger partial charge in [0, 0.05) is 11.8 Å². The third kappa shape index (κ3) is 4.99. The van der Waals surface area contributed by atoms with Crippen LogP contribution in [0.15, 0.2) is 18.2 Å². The van der Waals surface area contributed by atoms with Crippen molar-refractivity contribution < 1.29 is 9.13 Å². The van der Waals surface area contributed by atoms with Crippen LogP contribution < -0.4 is 15.8 Å². The van der Waals surface area contributed by atoms with E-state index in [1.54, 1.807) is 12.1 Å². The molecule has 0 aliphatic heterocycles. The van der Waals surface area contributed by atoms with Crippen LogP contribution in [0.1, 0.15) is 26.2 Å². The Kier molecular flexibility index (Phi) is 5.69. The predicted molar refractivity (Wildman–Crippen MR) is 71.8 cm³/mol. The van der Waals surface area contributed by atoms with Crippen LogP contribution in [0.2, 0.25) is 0 Å². The van der Waals surface area contributed by atoms with Crippen LogP contribution in [-0.4, -0.2) is 11.7 Å². The maximum Gasteiger partial charge on any atom is 0.168 e. The van der Waals surface area contributed by atoms with Crippen LogP contribution in [0.3, 0.4) is 0 Å². The van der Waals surface area contributed by atoms with E-state index in [4.69, 9.17) is 10.5 Å². The summed E-state index contributed by atoms with van der Waals surface area (Å²) in [4.78, 5) is 0. The van der Waals surface area contributed by atoms with Crippen LogP contribution in [0.5, 0.6) is 5.75 Å². The highest BCUT2D eigenvalue weighted by Crippen LogP contribution is 2.21. The van der Waals surface area contributed by atoms with Crippen LogP contribution in [0, 0.1) is 5.82 Å². The first-order valence-corrected chi connectivity index (χ1v) is 6.03. The third-order valence-electron chi connectivity index (χ3n) is 2.20. The highest BCUT2D eigenvalue weighted by molar-refractivity contribution is 7.80. The molecule has 0 bridgehead atoms. The van der Waals surface area contributed by atoms with Crippen LogP contribution >= 0.6 is 12.2 Å². The van der Waals surface area contributed by atoms with Crippen molar-refractivity contribution in [3.05, 3.63) is 24.0 Å². The zero-order valence-electron chi connectivity index (χ0n) is 9.83. The number of hydrogen-bond donors (Lipinski definition) is 2. The molecule has 0 saturated heterocycles. The number of nitrogens with two attached hydrogens (primary N) is 1. The average molecular weight is 256 g/mol. The zero-order valence-corrected chi connectivity index (χ0v) is 10.6. The standard InChI is InChI=1S/C12H17FN2OS/c1-2-3-4-7-16-11-6-5-9(8-10(11)13)15-12(14)17/h5-6,8H,2-4,7H2,1H3,(H3,14,15,17). The molecule has 0 spiro atoms. The van der Waals surface area contributed by atoms with E-state index < -0.39 is 5.82 Å². The highest BCUT2D eigenvalue weighted by atomic mass is 32.1. The number of halogens is 1. The van der Waals surface area contributed by atoms with Gasteiger partial charge in [0.25, 0.3) is 0 Å². The number of benzene rings is 1. The molecule has 3 nitrogen and oxygen atoms in total. The first kappa shape index (κ1) is 13.7. The number of rotatable bonds is 6. The molecule has 17 heavy (non-hydrogen) atoms. The maximum absolute atomic E-state index is 13.6. The molecule has 0 amide bonds. The number of unbranched alkanes of at least 4 members (excludes halogenated alkanes) is 2. The molecule has 1 rings (SSSR count). The largest absolute Gasteiger partial charge is 0.491 e. The first-order valence-electron chi connectivity index (χ1n) is 5.62. The monoisotopic (exact) mass is 256 g/mol. The second kappa shape index (κ2) is 7.06. The van der Waals surface area contributed by atoms with Crippen molar-refractivity contribution in [1.82, 2.24) is 0 Å². The molecule has 94 valence electrons. The van der Waals surface area contributed by atoms with Crippen LogP contribution in [0.25, 0.3) is 0 Å². The van der Waals surface area contributed by atoms with Gasteiger partial charge in [0.15, 0.2) is 16.7 Å². The van der Waals surface area contributed by atoms with Gasteiger partial charge in [0.2, 0.25) is 0 Å². The van der Waals surface area contributed by atoms with E-state index in [0.29, 0.717) is 12.3 Å². The molecule has 0 atom stereocenters. The Morgan fingerprint density at radius 2 is 2.24 bits per heavy atom. The topological polar surface area (TPSA) is 47.3 Å². The Labute approximate surface area is 106 Å². The quantitative estimate of drug-likeness (QED) is 0.606. The molecule has 0 aliphatic rings. The van der Waals surface area contributed by atoms with Gasteiger partial charge in [-0.05, 0) is 30.8 Å². The summed E-state index contributed by atoms with van der Waals surface area (Å²) in [6.45, 7) is 2.64. The molecule has 0 radical (unpaired) electrons. The van der Waals surface area contributed by atoms with E-state index in [1.807, 2.05) is 0 Å². The van der Waals surface area contributed by atoms with Gasteiger partial charge in [-0.2, -0.15) is 0 Å². The Balaban J connectivity index is 2.54. The lowest BCUT2D eigenvalue weighted by molar-refractivity contribution is 0.291.